The second-order valence-corrected chi connectivity index (χ2v) is 4.86. The number of carbonyl (C=O) groups is 1. The monoisotopic (exact) mass is 252 g/mol. The molecule has 1 fully saturated rings. The second-order valence-electron chi connectivity index (χ2n) is 4.86. The van der Waals surface area contributed by atoms with Crippen LogP contribution in [0.4, 0.5) is 4.39 Å². The maximum absolute atomic E-state index is 12.8. The zero-order chi connectivity index (χ0) is 13.0. The molecule has 0 radical (unpaired) electrons. The van der Waals surface area contributed by atoms with Gasteiger partial charge in [0.15, 0.2) is 0 Å². The van der Waals surface area contributed by atoms with E-state index in [-0.39, 0.29) is 17.6 Å². The number of piperidine rings is 1. The molecule has 4 nitrogen and oxygen atoms in total. The first-order valence-corrected chi connectivity index (χ1v) is 6.27. The number of quaternary nitrogens is 1. The number of halogens is 1. The number of amides is 1. The minimum absolute atomic E-state index is 0.000742. The number of rotatable bonds is 3. The van der Waals surface area contributed by atoms with Gasteiger partial charge in [0, 0.05) is 5.56 Å². The number of hydrazine groups is 1. The molecule has 1 aliphatic heterocycles. The van der Waals surface area contributed by atoms with Gasteiger partial charge in [0.05, 0.1) is 19.0 Å². The van der Waals surface area contributed by atoms with Gasteiger partial charge in [-0.15, -0.1) is 0 Å². The molecule has 0 aromatic heterocycles. The maximum Gasteiger partial charge on any atom is 0.242 e. The Morgan fingerprint density at radius 3 is 2.83 bits per heavy atom. The van der Waals surface area contributed by atoms with Gasteiger partial charge in [-0.1, -0.05) is 12.1 Å². The van der Waals surface area contributed by atoms with Gasteiger partial charge in [-0.25, -0.2) is 10.2 Å². The van der Waals surface area contributed by atoms with Crippen molar-refractivity contribution >= 4 is 5.91 Å². The van der Waals surface area contributed by atoms with Gasteiger partial charge in [0.2, 0.25) is 5.91 Å². The van der Waals surface area contributed by atoms with Crippen molar-refractivity contribution in [3.63, 3.8) is 0 Å². The first kappa shape index (κ1) is 13.0. The molecule has 0 saturated carbocycles. The third-order valence-corrected chi connectivity index (χ3v) is 3.50. The lowest BCUT2D eigenvalue weighted by molar-refractivity contribution is -0.921. The van der Waals surface area contributed by atoms with Gasteiger partial charge in [0.1, 0.15) is 12.4 Å². The summed E-state index contributed by atoms with van der Waals surface area (Å²) in [6, 6.07) is 6.55. The lowest BCUT2D eigenvalue weighted by atomic mass is 9.97. The Balaban J connectivity index is 1.93. The fourth-order valence-corrected chi connectivity index (χ4v) is 2.54. The lowest BCUT2D eigenvalue weighted by Crippen LogP contribution is -3.12. The van der Waals surface area contributed by atoms with E-state index in [0.29, 0.717) is 0 Å². The Kier molecular flexibility index (Phi) is 4.28. The molecule has 1 amide bonds. The van der Waals surface area contributed by atoms with Crippen LogP contribution in [-0.2, 0) is 11.3 Å². The Labute approximate surface area is 106 Å². The van der Waals surface area contributed by atoms with E-state index in [0.717, 1.165) is 38.0 Å². The highest BCUT2D eigenvalue weighted by atomic mass is 19.1. The first-order valence-electron chi connectivity index (χ1n) is 6.27. The largest absolute Gasteiger partial charge is 0.331 e. The number of likely N-dealkylation sites (tertiary alicyclic amines) is 1. The van der Waals surface area contributed by atoms with Crippen LogP contribution in [0.3, 0.4) is 0 Å². The molecule has 98 valence electrons. The molecule has 0 aliphatic carbocycles. The molecule has 1 unspecified atom stereocenters. The van der Waals surface area contributed by atoms with Gasteiger partial charge in [-0.05, 0) is 25.0 Å². The van der Waals surface area contributed by atoms with E-state index in [9.17, 15) is 9.18 Å². The van der Waals surface area contributed by atoms with E-state index in [2.05, 4.69) is 5.43 Å². The number of hydrogen-bond donors (Lipinski definition) is 3. The van der Waals surface area contributed by atoms with Crippen molar-refractivity contribution < 1.29 is 14.1 Å². The summed E-state index contributed by atoms with van der Waals surface area (Å²) in [5.74, 6) is 4.87. The van der Waals surface area contributed by atoms with Crippen molar-refractivity contribution in [1.29, 1.82) is 0 Å². The Morgan fingerprint density at radius 1 is 1.44 bits per heavy atom. The molecule has 1 saturated heterocycles. The summed E-state index contributed by atoms with van der Waals surface area (Å²) in [4.78, 5) is 12.9. The smallest absolute Gasteiger partial charge is 0.242 e. The minimum Gasteiger partial charge on any atom is -0.331 e. The standard InChI is InChI=1S/C13H18FN3O/c14-12-5-3-10(4-6-12)8-17-7-1-2-11(9-17)13(18)16-15/h3-6,11H,1-2,7-9,15H2,(H,16,18)/p+1/t11-/m0/s1. The molecule has 2 rings (SSSR count). The molecule has 4 N–H and O–H groups in total. The van der Waals surface area contributed by atoms with E-state index in [1.807, 2.05) is 0 Å². The highest BCUT2D eigenvalue weighted by Gasteiger charge is 2.28. The number of hydrogen-bond acceptors (Lipinski definition) is 2. The van der Waals surface area contributed by atoms with Crippen molar-refractivity contribution in [2.75, 3.05) is 13.1 Å². The highest BCUT2D eigenvalue weighted by molar-refractivity contribution is 5.78. The van der Waals surface area contributed by atoms with Crippen LogP contribution in [0.25, 0.3) is 0 Å². The average Bonchev–Trinajstić information content (AvgIpc) is 2.41. The van der Waals surface area contributed by atoms with Crippen molar-refractivity contribution in [3.05, 3.63) is 35.6 Å². The molecule has 0 bridgehead atoms. The molecule has 1 heterocycles. The molecule has 0 spiro atoms. The normalized spacial score (nSPS) is 23.7. The number of nitrogens with two attached hydrogens (primary N) is 1. The van der Waals surface area contributed by atoms with Gasteiger partial charge in [-0.3, -0.25) is 10.2 Å². The molecule has 2 atom stereocenters. The van der Waals surface area contributed by atoms with Crippen LogP contribution in [0.1, 0.15) is 18.4 Å². The van der Waals surface area contributed by atoms with Crippen molar-refractivity contribution in [2.45, 2.75) is 19.4 Å². The Hall–Kier alpha value is -1.46. The second kappa shape index (κ2) is 5.93. The van der Waals surface area contributed by atoms with Crippen molar-refractivity contribution in [1.82, 2.24) is 5.43 Å². The first-order chi connectivity index (χ1) is 8.69. The fourth-order valence-electron chi connectivity index (χ4n) is 2.54. The summed E-state index contributed by atoms with van der Waals surface area (Å²) in [5, 5.41) is 0. The van der Waals surface area contributed by atoms with E-state index >= 15 is 0 Å². The summed E-state index contributed by atoms with van der Waals surface area (Å²) >= 11 is 0. The SMILES string of the molecule is NNC(=O)[C@H]1CCC[NH+](Cc2ccc(F)cc2)C1. The zero-order valence-electron chi connectivity index (χ0n) is 10.3. The van der Waals surface area contributed by atoms with Crippen molar-refractivity contribution in [3.8, 4) is 0 Å². The highest BCUT2D eigenvalue weighted by Crippen LogP contribution is 2.08. The van der Waals surface area contributed by atoms with Crippen LogP contribution in [0.2, 0.25) is 0 Å². The van der Waals surface area contributed by atoms with Crippen LogP contribution >= 0.6 is 0 Å². The summed E-state index contributed by atoms with van der Waals surface area (Å²) in [6.45, 7) is 2.67. The van der Waals surface area contributed by atoms with Crippen molar-refractivity contribution in [2.24, 2.45) is 11.8 Å². The minimum atomic E-state index is -0.215. The third kappa shape index (κ3) is 3.27. The molecule has 1 aliphatic rings. The van der Waals surface area contributed by atoms with Crippen LogP contribution < -0.4 is 16.2 Å². The summed E-state index contributed by atoms with van der Waals surface area (Å²) in [5.41, 5.74) is 3.32. The summed E-state index contributed by atoms with van der Waals surface area (Å²) in [6.07, 6.45) is 1.92. The molecule has 1 aromatic carbocycles. The summed E-state index contributed by atoms with van der Waals surface area (Å²) < 4.78 is 12.8. The molecule has 5 heteroatoms. The lowest BCUT2D eigenvalue weighted by Gasteiger charge is -2.28. The molecular formula is C13H19FN3O+. The Morgan fingerprint density at radius 2 is 2.17 bits per heavy atom. The number of benzene rings is 1. The fraction of sp³-hybridized carbons (Fsp3) is 0.462. The van der Waals surface area contributed by atoms with E-state index in [1.54, 1.807) is 12.1 Å². The summed E-state index contributed by atoms with van der Waals surface area (Å²) in [7, 11) is 0. The van der Waals surface area contributed by atoms with Crippen LogP contribution in [0.5, 0.6) is 0 Å². The zero-order valence-corrected chi connectivity index (χ0v) is 10.3. The average molecular weight is 252 g/mol. The molecule has 1 aromatic rings. The van der Waals surface area contributed by atoms with E-state index < -0.39 is 0 Å². The van der Waals surface area contributed by atoms with E-state index in [4.69, 9.17) is 5.84 Å². The van der Waals surface area contributed by atoms with Crippen LogP contribution in [0.15, 0.2) is 24.3 Å². The topological polar surface area (TPSA) is 59.6 Å². The van der Waals surface area contributed by atoms with Crippen LogP contribution in [0, 0.1) is 11.7 Å². The van der Waals surface area contributed by atoms with Gasteiger partial charge in [-0.2, -0.15) is 0 Å². The van der Waals surface area contributed by atoms with Crippen LogP contribution in [-0.4, -0.2) is 19.0 Å². The third-order valence-electron chi connectivity index (χ3n) is 3.50. The number of nitrogens with one attached hydrogen (secondary N) is 2. The predicted molar refractivity (Wildman–Crippen MR) is 65.9 cm³/mol. The quantitative estimate of drug-likeness (QED) is 0.390. The van der Waals surface area contributed by atoms with Gasteiger partial charge in [0.25, 0.3) is 0 Å². The predicted octanol–water partition coefficient (Wildman–Crippen LogP) is -0.389. The van der Waals surface area contributed by atoms with Gasteiger partial charge < -0.3 is 4.90 Å². The Bertz CT molecular complexity index is 407. The van der Waals surface area contributed by atoms with Gasteiger partial charge >= 0.3 is 0 Å². The maximum atomic E-state index is 12.8. The number of carbonyl (C=O) groups excluding carboxylic acids is 1. The molecular weight excluding hydrogens is 233 g/mol. The molecule has 18 heavy (non-hydrogen) atoms. The van der Waals surface area contributed by atoms with E-state index in [1.165, 1.54) is 17.0 Å².